The second kappa shape index (κ2) is 9.43. The van der Waals surface area contributed by atoms with E-state index in [9.17, 15) is 9.59 Å². The summed E-state index contributed by atoms with van der Waals surface area (Å²) in [7, 11) is 1.60. The van der Waals surface area contributed by atoms with Gasteiger partial charge in [-0.2, -0.15) is 0 Å². The number of hydrogen-bond donors (Lipinski definition) is 1. The van der Waals surface area contributed by atoms with Crippen molar-refractivity contribution < 1.29 is 14.3 Å². The number of amides is 2. The lowest BCUT2D eigenvalue weighted by atomic mass is 10.1. The Morgan fingerprint density at radius 1 is 0.967 bits per heavy atom. The number of methoxy groups -OCH3 is 1. The summed E-state index contributed by atoms with van der Waals surface area (Å²) in [5.74, 6) is 1.03. The molecule has 1 fully saturated rings. The number of ether oxygens (including phenoxy) is 1. The van der Waals surface area contributed by atoms with E-state index in [4.69, 9.17) is 9.73 Å². The number of nitrogens with zero attached hydrogens (tertiary/aromatic N) is 3. The van der Waals surface area contributed by atoms with E-state index in [-0.39, 0.29) is 11.8 Å². The van der Waals surface area contributed by atoms with Crippen molar-refractivity contribution in [3.8, 4) is 5.75 Å². The van der Waals surface area contributed by atoms with Crippen LogP contribution in [-0.2, 0) is 4.79 Å². The first kappa shape index (κ1) is 21.4. The molecule has 0 atom stereocenters. The molecule has 0 aromatic heterocycles. The maximum absolute atomic E-state index is 13.0. The summed E-state index contributed by atoms with van der Waals surface area (Å²) in [6.45, 7) is 7.84. The molecule has 7 heteroatoms. The van der Waals surface area contributed by atoms with Gasteiger partial charge in [0.15, 0.2) is 0 Å². The van der Waals surface area contributed by atoms with Crippen molar-refractivity contribution in [2.24, 2.45) is 4.99 Å². The SMILES string of the molecule is COc1ccc(C(=O)NC(=Nc2ccccc2C)N2CCN(C(C)=O)CC2)c(C)c1. The van der Waals surface area contributed by atoms with Crippen LogP contribution in [0.3, 0.4) is 0 Å². The molecule has 0 radical (unpaired) electrons. The minimum atomic E-state index is -0.225. The van der Waals surface area contributed by atoms with Gasteiger partial charge in [0.25, 0.3) is 5.91 Å². The zero-order chi connectivity index (χ0) is 21.7. The maximum atomic E-state index is 13.0. The molecule has 1 N–H and O–H groups in total. The van der Waals surface area contributed by atoms with Crippen LogP contribution in [0.2, 0.25) is 0 Å². The summed E-state index contributed by atoms with van der Waals surface area (Å²) >= 11 is 0. The third-order valence-corrected chi connectivity index (χ3v) is 5.27. The van der Waals surface area contributed by atoms with Gasteiger partial charge in [0.05, 0.1) is 12.8 Å². The molecule has 7 nitrogen and oxygen atoms in total. The maximum Gasteiger partial charge on any atom is 0.258 e. The van der Waals surface area contributed by atoms with Crippen LogP contribution in [0.5, 0.6) is 5.75 Å². The largest absolute Gasteiger partial charge is 0.497 e. The Kier molecular flexibility index (Phi) is 6.72. The first-order valence-corrected chi connectivity index (χ1v) is 10.00. The van der Waals surface area contributed by atoms with E-state index in [0.29, 0.717) is 43.5 Å². The summed E-state index contributed by atoms with van der Waals surface area (Å²) < 4.78 is 5.23. The molecule has 1 aliphatic rings. The monoisotopic (exact) mass is 408 g/mol. The molecule has 158 valence electrons. The van der Waals surface area contributed by atoms with Gasteiger partial charge in [0, 0.05) is 38.7 Å². The number of piperazine rings is 1. The van der Waals surface area contributed by atoms with Crippen molar-refractivity contribution in [1.82, 2.24) is 15.1 Å². The smallest absolute Gasteiger partial charge is 0.258 e. The molecule has 0 aliphatic carbocycles. The Morgan fingerprint density at radius 3 is 2.23 bits per heavy atom. The van der Waals surface area contributed by atoms with Gasteiger partial charge in [0.2, 0.25) is 11.9 Å². The Bertz CT molecular complexity index is 963. The number of hydrogen-bond acceptors (Lipinski definition) is 4. The van der Waals surface area contributed by atoms with E-state index in [2.05, 4.69) is 5.32 Å². The second-order valence-corrected chi connectivity index (χ2v) is 7.35. The van der Waals surface area contributed by atoms with Gasteiger partial charge < -0.3 is 14.5 Å². The topological polar surface area (TPSA) is 74.2 Å². The van der Waals surface area contributed by atoms with Crippen LogP contribution in [0.15, 0.2) is 47.5 Å². The first-order chi connectivity index (χ1) is 14.4. The fourth-order valence-corrected chi connectivity index (χ4v) is 3.40. The molecule has 0 unspecified atom stereocenters. The van der Waals surface area contributed by atoms with Gasteiger partial charge in [-0.3, -0.25) is 14.9 Å². The van der Waals surface area contributed by atoms with Crippen LogP contribution in [0.25, 0.3) is 0 Å². The van der Waals surface area contributed by atoms with Crippen LogP contribution in [0.4, 0.5) is 5.69 Å². The lowest BCUT2D eigenvalue weighted by Crippen LogP contribution is -2.54. The predicted molar refractivity (Wildman–Crippen MR) is 117 cm³/mol. The highest BCUT2D eigenvalue weighted by Gasteiger charge is 2.23. The molecule has 1 heterocycles. The number of guanidine groups is 1. The normalized spacial score (nSPS) is 14.5. The van der Waals surface area contributed by atoms with Gasteiger partial charge in [-0.05, 0) is 49.2 Å². The van der Waals surface area contributed by atoms with Gasteiger partial charge in [-0.15, -0.1) is 0 Å². The third kappa shape index (κ3) is 4.97. The molecule has 0 bridgehead atoms. The first-order valence-electron chi connectivity index (χ1n) is 10.00. The van der Waals surface area contributed by atoms with Crippen molar-refractivity contribution in [1.29, 1.82) is 0 Å². The summed E-state index contributed by atoms with van der Waals surface area (Å²) in [6, 6.07) is 13.1. The summed E-state index contributed by atoms with van der Waals surface area (Å²) in [5.41, 5.74) is 3.21. The number of nitrogens with one attached hydrogen (secondary N) is 1. The Hall–Kier alpha value is -3.35. The number of rotatable bonds is 3. The number of carbonyl (C=O) groups is 2. The second-order valence-electron chi connectivity index (χ2n) is 7.35. The minimum Gasteiger partial charge on any atom is -0.497 e. The zero-order valence-electron chi connectivity index (χ0n) is 17.9. The zero-order valence-corrected chi connectivity index (χ0v) is 17.9. The van der Waals surface area contributed by atoms with Crippen LogP contribution in [0, 0.1) is 13.8 Å². The molecular formula is C23H28N4O3. The Balaban J connectivity index is 1.87. The van der Waals surface area contributed by atoms with E-state index >= 15 is 0 Å². The van der Waals surface area contributed by atoms with Crippen molar-refractivity contribution >= 4 is 23.5 Å². The number of benzene rings is 2. The number of para-hydroxylation sites is 1. The highest BCUT2D eigenvalue weighted by Crippen LogP contribution is 2.20. The van der Waals surface area contributed by atoms with Crippen LogP contribution < -0.4 is 10.1 Å². The minimum absolute atomic E-state index is 0.0601. The summed E-state index contributed by atoms with van der Waals surface area (Å²) in [4.78, 5) is 33.3. The molecule has 30 heavy (non-hydrogen) atoms. The van der Waals surface area contributed by atoms with Crippen LogP contribution in [-0.4, -0.2) is 60.9 Å². The molecule has 2 amide bonds. The highest BCUT2D eigenvalue weighted by molar-refractivity contribution is 6.07. The molecule has 1 saturated heterocycles. The average Bonchev–Trinajstić information content (AvgIpc) is 2.74. The Labute approximate surface area is 177 Å². The Morgan fingerprint density at radius 2 is 1.63 bits per heavy atom. The van der Waals surface area contributed by atoms with Crippen molar-refractivity contribution in [2.75, 3.05) is 33.3 Å². The molecule has 2 aromatic rings. The molecule has 0 spiro atoms. The fourth-order valence-electron chi connectivity index (χ4n) is 3.40. The average molecular weight is 409 g/mol. The van der Waals surface area contributed by atoms with Gasteiger partial charge in [-0.1, -0.05) is 18.2 Å². The predicted octanol–water partition coefficient (Wildman–Crippen LogP) is 2.89. The van der Waals surface area contributed by atoms with Crippen molar-refractivity contribution in [3.05, 3.63) is 59.2 Å². The fraction of sp³-hybridized carbons (Fsp3) is 0.348. The van der Waals surface area contributed by atoms with E-state index < -0.39 is 0 Å². The van der Waals surface area contributed by atoms with Crippen molar-refractivity contribution in [2.45, 2.75) is 20.8 Å². The van der Waals surface area contributed by atoms with Gasteiger partial charge in [0.1, 0.15) is 5.75 Å². The van der Waals surface area contributed by atoms with Crippen molar-refractivity contribution in [3.63, 3.8) is 0 Å². The standard InChI is InChI=1S/C23H28N4O3/c1-16-7-5-6-8-21(16)24-23(27-13-11-26(12-14-27)18(3)28)25-22(29)20-10-9-19(30-4)15-17(20)2/h5-10,15H,11-14H2,1-4H3,(H,24,25,29). The number of carbonyl (C=O) groups excluding carboxylic acids is 2. The van der Waals surface area contributed by atoms with E-state index in [1.54, 1.807) is 31.1 Å². The molecule has 1 aliphatic heterocycles. The molecule has 3 rings (SSSR count). The molecule has 2 aromatic carbocycles. The summed E-state index contributed by atoms with van der Waals surface area (Å²) in [5, 5.41) is 2.99. The van der Waals surface area contributed by atoms with E-state index in [1.807, 2.05) is 49.1 Å². The van der Waals surface area contributed by atoms with E-state index in [1.165, 1.54) is 0 Å². The van der Waals surface area contributed by atoms with Gasteiger partial charge in [-0.25, -0.2) is 4.99 Å². The number of aliphatic imine (C=N–C) groups is 1. The molecule has 0 saturated carbocycles. The quantitative estimate of drug-likeness (QED) is 0.626. The third-order valence-electron chi connectivity index (χ3n) is 5.27. The summed E-state index contributed by atoms with van der Waals surface area (Å²) in [6.07, 6.45) is 0. The van der Waals surface area contributed by atoms with E-state index in [0.717, 1.165) is 16.8 Å². The van der Waals surface area contributed by atoms with Crippen LogP contribution >= 0.6 is 0 Å². The lowest BCUT2D eigenvalue weighted by Gasteiger charge is -2.36. The highest BCUT2D eigenvalue weighted by atomic mass is 16.5. The molecular weight excluding hydrogens is 380 g/mol. The number of aryl methyl sites for hydroxylation is 2. The lowest BCUT2D eigenvalue weighted by molar-refractivity contribution is -0.130. The van der Waals surface area contributed by atoms with Crippen LogP contribution in [0.1, 0.15) is 28.4 Å². The van der Waals surface area contributed by atoms with Gasteiger partial charge >= 0.3 is 0 Å².